The predicted molar refractivity (Wildman–Crippen MR) is 98.0 cm³/mol. The van der Waals surface area contributed by atoms with E-state index in [0.29, 0.717) is 11.3 Å². The Labute approximate surface area is 151 Å². The molecule has 26 heavy (non-hydrogen) atoms. The first-order chi connectivity index (χ1) is 12.5. The Hall–Kier alpha value is -3.48. The molecule has 7 heteroatoms. The van der Waals surface area contributed by atoms with Crippen molar-refractivity contribution in [1.82, 2.24) is 20.1 Å². The van der Waals surface area contributed by atoms with E-state index in [1.54, 1.807) is 35.3 Å². The summed E-state index contributed by atoms with van der Waals surface area (Å²) in [5.74, 6) is -0.381. The number of amides is 2. The van der Waals surface area contributed by atoms with Crippen LogP contribution in [0.5, 0.6) is 0 Å². The maximum Gasteiger partial charge on any atom is 0.251 e. The Kier molecular flexibility index (Phi) is 5.07. The van der Waals surface area contributed by atoms with E-state index in [-0.39, 0.29) is 17.9 Å². The van der Waals surface area contributed by atoms with E-state index in [1.165, 1.54) is 13.3 Å². The normalized spacial score (nSPS) is 11.6. The van der Waals surface area contributed by atoms with Gasteiger partial charge in [0.1, 0.15) is 12.7 Å². The molecule has 0 radical (unpaired) electrons. The molecule has 1 unspecified atom stereocenters. The first-order valence-electron chi connectivity index (χ1n) is 8.16. The highest BCUT2D eigenvalue weighted by Crippen LogP contribution is 2.17. The Bertz CT molecular complexity index is 904. The summed E-state index contributed by atoms with van der Waals surface area (Å²) >= 11 is 0. The van der Waals surface area contributed by atoms with Crippen LogP contribution in [0.2, 0.25) is 0 Å². The Morgan fingerprint density at radius 3 is 2.54 bits per heavy atom. The van der Waals surface area contributed by atoms with E-state index < -0.39 is 0 Å². The zero-order valence-corrected chi connectivity index (χ0v) is 14.5. The summed E-state index contributed by atoms with van der Waals surface area (Å²) in [4.78, 5) is 27.5. The van der Waals surface area contributed by atoms with Gasteiger partial charge in [0.05, 0.1) is 11.7 Å². The van der Waals surface area contributed by atoms with Gasteiger partial charge in [0, 0.05) is 18.2 Å². The van der Waals surface area contributed by atoms with Gasteiger partial charge in [-0.15, -0.1) is 0 Å². The second-order valence-electron chi connectivity index (χ2n) is 5.89. The van der Waals surface area contributed by atoms with Gasteiger partial charge < -0.3 is 10.6 Å². The van der Waals surface area contributed by atoms with Gasteiger partial charge in [-0.2, -0.15) is 5.10 Å². The first-order valence-corrected chi connectivity index (χ1v) is 8.16. The molecule has 3 rings (SSSR count). The van der Waals surface area contributed by atoms with Gasteiger partial charge in [-0.1, -0.05) is 18.2 Å². The van der Waals surface area contributed by atoms with Crippen LogP contribution < -0.4 is 10.6 Å². The number of carbonyl (C=O) groups excluding carboxylic acids is 2. The summed E-state index contributed by atoms with van der Waals surface area (Å²) in [6.45, 7) is 3.35. The van der Waals surface area contributed by atoms with Crippen molar-refractivity contribution in [2.75, 3.05) is 5.32 Å². The van der Waals surface area contributed by atoms with Gasteiger partial charge in [0.2, 0.25) is 5.91 Å². The fourth-order valence-electron chi connectivity index (χ4n) is 2.56. The van der Waals surface area contributed by atoms with E-state index in [9.17, 15) is 9.59 Å². The molecule has 2 amide bonds. The van der Waals surface area contributed by atoms with Crippen LogP contribution in [0, 0.1) is 0 Å². The van der Waals surface area contributed by atoms with Gasteiger partial charge in [-0.05, 0) is 42.8 Å². The zero-order chi connectivity index (χ0) is 18.5. The summed E-state index contributed by atoms with van der Waals surface area (Å²) < 4.78 is 1.67. The van der Waals surface area contributed by atoms with Crippen LogP contribution in [-0.4, -0.2) is 26.6 Å². The molecule has 132 valence electrons. The summed E-state index contributed by atoms with van der Waals surface area (Å²) in [6.07, 6.45) is 3.11. The summed E-state index contributed by atoms with van der Waals surface area (Å²) in [5.41, 5.74) is 2.95. The van der Waals surface area contributed by atoms with Crippen molar-refractivity contribution in [3.05, 3.63) is 72.3 Å². The van der Waals surface area contributed by atoms with Gasteiger partial charge in [0.25, 0.3) is 5.91 Å². The third-order valence-electron chi connectivity index (χ3n) is 3.87. The molecule has 0 bridgehead atoms. The van der Waals surface area contributed by atoms with Gasteiger partial charge in [-0.25, -0.2) is 9.67 Å². The SMILES string of the molecule is CC(=O)Nc1cccc(C(=O)NC(C)c2ccc(-n3cncn3)cc2)c1. The van der Waals surface area contributed by atoms with Crippen molar-refractivity contribution < 1.29 is 9.59 Å². The topological polar surface area (TPSA) is 88.9 Å². The zero-order valence-electron chi connectivity index (χ0n) is 14.5. The average Bonchev–Trinajstić information content (AvgIpc) is 3.16. The molecular formula is C19H19N5O2. The average molecular weight is 349 g/mol. The molecule has 1 heterocycles. The molecule has 3 aromatic rings. The Balaban J connectivity index is 1.68. The number of hydrogen-bond donors (Lipinski definition) is 2. The number of benzene rings is 2. The van der Waals surface area contributed by atoms with Crippen molar-refractivity contribution >= 4 is 17.5 Å². The number of nitrogens with zero attached hydrogens (tertiary/aromatic N) is 3. The maximum atomic E-state index is 12.5. The molecule has 0 aliphatic heterocycles. The predicted octanol–water partition coefficient (Wildman–Crippen LogP) is 2.72. The molecule has 0 fully saturated rings. The molecule has 0 saturated heterocycles. The second kappa shape index (κ2) is 7.60. The van der Waals surface area contributed by atoms with Crippen LogP contribution in [0.25, 0.3) is 5.69 Å². The smallest absolute Gasteiger partial charge is 0.251 e. The summed E-state index contributed by atoms with van der Waals surface area (Å²) in [6, 6.07) is 14.4. The van der Waals surface area contributed by atoms with Crippen LogP contribution in [0.15, 0.2) is 61.2 Å². The first kappa shape index (κ1) is 17.3. The molecule has 2 aromatic carbocycles. The highest BCUT2D eigenvalue weighted by Gasteiger charge is 2.12. The van der Waals surface area contributed by atoms with Gasteiger partial charge in [-0.3, -0.25) is 9.59 Å². The minimum absolute atomic E-state index is 0.170. The second-order valence-corrected chi connectivity index (χ2v) is 5.89. The van der Waals surface area contributed by atoms with Crippen LogP contribution in [-0.2, 0) is 4.79 Å². The monoisotopic (exact) mass is 349 g/mol. The van der Waals surface area contributed by atoms with Crippen molar-refractivity contribution in [2.24, 2.45) is 0 Å². The third kappa shape index (κ3) is 4.13. The van der Waals surface area contributed by atoms with Crippen LogP contribution in [0.4, 0.5) is 5.69 Å². The number of hydrogen-bond acceptors (Lipinski definition) is 4. The molecule has 0 aliphatic rings. The number of nitrogens with one attached hydrogen (secondary N) is 2. The standard InChI is InChI=1S/C19H19N5O2/c1-13(15-6-8-18(9-7-15)24-12-20-11-21-24)22-19(26)16-4-3-5-17(10-16)23-14(2)25/h3-13H,1-2H3,(H,22,26)(H,23,25). The lowest BCUT2D eigenvalue weighted by Crippen LogP contribution is -2.26. The van der Waals surface area contributed by atoms with E-state index >= 15 is 0 Å². The minimum atomic E-state index is -0.204. The molecule has 1 aromatic heterocycles. The summed E-state index contributed by atoms with van der Waals surface area (Å²) in [7, 11) is 0. The number of carbonyl (C=O) groups is 2. The fraction of sp³-hybridized carbons (Fsp3) is 0.158. The molecule has 0 saturated carbocycles. The van der Waals surface area contributed by atoms with Crippen molar-refractivity contribution in [2.45, 2.75) is 19.9 Å². The molecule has 0 spiro atoms. The molecule has 2 N–H and O–H groups in total. The Morgan fingerprint density at radius 2 is 1.88 bits per heavy atom. The highest BCUT2D eigenvalue weighted by atomic mass is 16.2. The fourth-order valence-corrected chi connectivity index (χ4v) is 2.56. The minimum Gasteiger partial charge on any atom is -0.346 e. The largest absolute Gasteiger partial charge is 0.346 e. The van der Waals surface area contributed by atoms with Crippen LogP contribution in [0.1, 0.15) is 35.8 Å². The quantitative estimate of drug-likeness (QED) is 0.741. The lowest BCUT2D eigenvalue weighted by molar-refractivity contribution is -0.114. The molecule has 0 aliphatic carbocycles. The number of aromatic nitrogens is 3. The number of rotatable bonds is 5. The van der Waals surface area contributed by atoms with E-state index in [2.05, 4.69) is 20.7 Å². The summed E-state index contributed by atoms with van der Waals surface area (Å²) in [5, 5.41) is 9.72. The van der Waals surface area contributed by atoms with Crippen LogP contribution >= 0.6 is 0 Å². The van der Waals surface area contributed by atoms with Gasteiger partial charge >= 0.3 is 0 Å². The van der Waals surface area contributed by atoms with E-state index in [4.69, 9.17) is 0 Å². The Morgan fingerprint density at radius 1 is 1.12 bits per heavy atom. The van der Waals surface area contributed by atoms with Crippen molar-refractivity contribution in [3.8, 4) is 5.69 Å². The lowest BCUT2D eigenvalue weighted by atomic mass is 10.1. The molecular weight excluding hydrogens is 330 g/mol. The van der Waals surface area contributed by atoms with Gasteiger partial charge in [0.15, 0.2) is 0 Å². The number of anilines is 1. The molecule has 1 atom stereocenters. The lowest BCUT2D eigenvalue weighted by Gasteiger charge is -2.15. The maximum absolute atomic E-state index is 12.5. The van der Waals surface area contributed by atoms with E-state index in [0.717, 1.165) is 11.3 Å². The van der Waals surface area contributed by atoms with Crippen LogP contribution in [0.3, 0.4) is 0 Å². The highest BCUT2D eigenvalue weighted by molar-refractivity contribution is 5.97. The third-order valence-corrected chi connectivity index (χ3v) is 3.87. The van der Waals surface area contributed by atoms with E-state index in [1.807, 2.05) is 31.2 Å². The van der Waals surface area contributed by atoms with Crippen molar-refractivity contribution in [1.29, 1.82) is 0 Å². The van der Waals surface area contributed by atoms with Crippen molar-refractivity contribution in [3.63, 3.8) is 0 Å². The molecule has 7 nitrogen and oxygen atoms in total.